The number of nitrogens with zero attached hydrogens (tertiary/aromatic N) is 3. The lowest BCUT2D eigenvalue weighted by atomic mass is 10.1. The van der Waals surface area contributed by atoms with E-state index in [-0.39, 0.29) is 28.6 Å². The topological polar surface area (TPSA) is 76.9 Å². The highest BCUT2D eigenvalue weighted by Crippen LogP contribution is 2.47. The predicted octanol–water partition coefficient (Wildman–Crippen LogP) is 3.37. The summed E-state index contributed by atoms with van der Waals surface area (Å²) in [6.45, 7) is 1.97. The van der Waals surface area contributed by atoms with Crippen LogP contribution in [0.25, 0.3) is 5.82 Å². The molecule has 0 saturated heterocycles. The third-order valence-electron chi connectivity index (χ3n) is 5.03. The van der Waals surface area contributed by atoms with Gasteiger partial charge in [0.1, 0.15) is 4.90 Å². The van der Waals surface area contributed by atoms with Gasteiger partial charge in [-0.2, -0.15) is 18.3 Å². The normalized spacial score (nSPS) is 21.9. The van der Waals surface area contributed by atoms with E-state index < -0.39 is 21.8 Å². The van der Waals surface area contributed by atoms with Crippen LogP contribution in [-0.4, -0.2) is 29.2 Å². The SMILES string of the molecule is C[C@H]1[C@H](NS(=O)(=O)c2ccc(-n3cc(C(F)(F)F)cn3)nc2)[C@H]1c1ccccc1. The Labute approximate surface area is 165 Å². The van der Waals surface area contributed by atoms with Crippen LogP contribution in [0.3, 0.4) is 0 Å². The first-order valence-electron chi connectivity index (χ1n) is 8.82. The molecule has 6 nitrogen and oxygen atoms in total. The first kappa shape index (κ1) is 19.6. The fourth-order valence-corrected chi connectivity index (χ4v) is 4.63. The number of pyridine rings is 1. The standard InChI is InChI=1S/C19H17F3N4O2S/c1-12-17(13-5-3-2-4-6-13)18(12)25-29(27,28)15-7-8-16(23-10-15)26-11-14(9-24-26)19(20,21)22/h2-12,17-18,25H,1H3/t12-,17-,18+/m1/s1. The van der Waals surface area contributed by atoms with Crippen molar-refractivity contribution >= 4 is 10.0 Å². The molecule has 0 radical (unpaired) electrons. The largest absolute Gasteiger partial charge is 0.419 e. The number of benzene rings is 1. The Morgan fingerprint density at radius 1 is 1.07 bits per heavy atom. The van der Waals surface area contributed by atoms with Gasteiger partial charge in [-0.1, -0.05) is 37.3 Å². The molecule has 10 heteroatoms. The van der Waals surface area contributed by atoms with Crippen LogP contribution in [0.4, 0.5) is 13.2 Å². The average Bonchev–Trinajstić information content (AvgIpc) is 3.08. The van der Waals surface area contributed by atoms with E-state index in [1.807, 2.05) is 37.3 Å². The van der Waals surface area contributed by atoms with Crippen molar-refractivity contribution in [3.05, 3.63) is 72.2 Å². The molecule has 0 amide bonds. The van der Waals surface area contributed by atoms with Gasteiger partial charge in [0.05, 0.1) is 11.8 Å². The quantitative estimate of drug-likeness (QED) is 0.684. The maximum Gasteiger partial charge on any atom is 0.419 e. The molecule has 1 saturated carbocycles. The van der Waals surface area contributed by atoms with Gasteiger partial charge in [0.2, 0.25) is 10.0 Å². The zero-order valence-electron chi connectivity index (χ0n) is 15.2. The van der Waals surface area contributed by atoms with E-state index in [4.69, 9.17) is 0 Å². The summed E-state index contributed by atoms with van der Waals surface area (Å²) in [6, 6.07) is 12.0. The van der Waals surface area contributed by atoms with E-state index in [1.165, 1.54) is 12.1 Å². The van der Waals surface area contributed by atoms with Crippen molar-refractivity contribution in [2.45, 2.75) is 30.0 Å². The highest BCUT2D eigenvalue weighted by atomic mass is 32.2. The predicted molar refractivity (Wildman–Crippen MR) is 98.8 cm³/mol. The van der Waals surface area contributed by atoms with E-state index in [9.17, 15) is 21.6 Å². The average molecular weight is 422 g/mol. The summed E-state index contributed by atoms with van der Waals surface area (Å²) in [4.78, 5) is 3.89. The maximum absolute atomic E-state index is 12.7. The van der Waals surface area contributed by atoms with Crippen molar-refractivity contribution in [2.75, 3.05) is 0 Å². The third-order valence-corrected chi connectivity index (χ3v) is 6.47. The Hall–Kier alpha value is -2.72. The lowest BCUT2D eigenvalue weighted by molar-refractivity contribution is -0.137. The smallest absolute Gasteiger partial charge is 0.236 e. The second-order valence-corrected chi connectivity index (χ2v) is 8.68. The molecule has 1 aromatic carbocycles. The van der Waals surface area contributed by atoms with Crippen molar-refractivity contribution in [3.8, 4) is 5.82 Å². The lowest BCUT2D eigenvalue weighted by Gasteiger charge is -2.07. The number of sulfonamides is 1. The first-order chi connectivity index (χ1) is 13.7. The Morgan fingerprint density at radius 2 is 1.79 bits per heavy atom. The van der Waals surface area contributed by atoms with Crippen LogP contribution < -0.4 is 4.72 Å². The Morgan fingerprint density at radius 3 is 2.38 bits per heavy atom. The second kappa shape index (κ2) is 6.96. The molecule has 0 bridgehead atoms. The molecule has 1 fully saturated rings. The van der Waals surface area contributed by atoms with Gasteiger partial charge in [0, 0.05) is 24.4 Å². The van der Waals surface area contributed by atoms with Gasteiger partial charge < -0.3 is 0 Å². The summed E-state index contributed by atoms with van der Waals surface area (Å²) in [5.74, 6) is 0.341. The minimum atomic E-state index is -4.51. The molecule has 4 rings (SSSR count). The molecule has 152 valence electrons. The van der Waals surface area contributed by atoms with Crippen molar-refractivity contribution in [3.63, 3.8) is 0 Å². The summed E-state index contributed by atoms with van der Waals surface area (Å²) in [5, 5.41) is 3.63. The first-order valence-corrected chi connectivity index (χ1v) is 10.3. The number of nitrogens with one attached hydrogen (secondary N) is 1. The summed E-state index contributed by atoms with van der Waals surface area (Å²) >= 11 is 0. The Bertz CT molecular complexity index is 1110. The summed E-state index contributed by atoms with van der Waals surface area (Å²) < 4.78 is 67.0. The third kappa shape index (κ3) is 3.90. The van der Waals surface area contributed by atoms with E-state index in [2.05, 4.69) is 14.8 Å². The number of alkyl halides is 3. The molecule has 0 unspecified atom stereocenters. The van der Waals surface area contributed by atoms with Gasteiger partial charge in [-0.15, -0.1) is 0 Å². The van der Waals surface area contributed by atoms with Crippen LogP contribution in [-0.2, 0) is 16.2 Å². The molecule has 3 atom stereocenters. The number of hydrogen-bond donors (Lipinski definition) is 1. The van der Waals surface area contributed by atoms with Gasteiger partial charge in [-0.25, -0.2) is 22.8 Å². The Balaban J connectivity index is 1.49. The Kier molecular flexibility index (Phi) is 4.70. The molecular weight excluding hydrogens is 405 g/mol. The maximum atomic E-state index is 12.7. The molecule has 1 N–H and O–H groups in total. The summed E-state index contributed by atoms with van der Waals surface area (Å²) in [6.07, 6.45) is -1.92. The molecular formula is C19H17F3N4O2S. The second-order valence-electron chi connectivity index (χ2n) is 6.97. The van der Waals surface area contributed by atoms with Crippen LogP contribution in [0.15, 0.2) is 66.0 Å². The number of hydrogen-bond acceptors (Lipinski definition) is 4. The fourth-order valence-electron chi connectivity index (χ4n) is 3.34. The van der Waals surface area contributed by atoms with Crippen LogP contribution in [0.5, 0.6) is 0 Å². The zero-order chi connectivity index (χ0) is 20.8. The lowest BCUT2D eigenvalue weighted by Crippen LogP contribution is -2.27. The van der Waals surface area contributed by atoms with E-state index in [1.54, 1.807) is 0 Å². The van der Waals surface area contributed by atoms with Crippen LogP contribution >= 0.6 is 0 Å². The molecule has 2 aromatic heterocycles. The highest BCUT2D eigenvalue weighted by Gasteiger charge is 2.49. The van der Waals surface area contributed by atoms with Crippen LogP contribution in [0.1, 0.15) is 24.0 Å². The molecule has 0 spiro atoms. The number of halogens is 3. The van der Waals surface area contributed by atoms with Gasteiger partial charge >= 0.3 is 6.18 Å². The number of aromatic nitrogens is 3. The fraction of sp³-hybridized carbons (Fsp3) is 0.263. The molecule has 1 aliphatic rings. The summed E-state index contributed by atoms with van der Waals surface area (Å²) in [7, 11) is -3.81. The van der Waals surface area contributed by atoms with E-state index in [0.29, 0.717) is 6.20 Å². The van der Waals surface area contributed by atoms with Crippen molar-refractivity contribution in [2.24, 2.45) is 5.92 Å². The van der Waals surface area contributed by atoms with Crippen molar-refractivity contribution < 1.29 is 21.6 Å². The molecule has 2 heterocycles. The van der Waals surface area contributed by atoms with E-state index >= 15 is 0 Å². The van der Waals surface area contributed by atoms with Crippen molar-refractivity contribution in [1.29, 1.82) is 0 Å². The van der Waals surface area contributed by atoms with Crippen LogP contribution in [0.2, 0.25) is 0 Å². The summed E-state index contributed by atoms with van der Waals surface area (Å²) in [5.41, 5.74) is 0.160. The van der Waals surface area contributed by atoms with Gasteiger partial charge in [0.25, 0.3) is 0 Å². The van der Waals surface area contributed by atoms with Gasteiger partial charge in [-0.3, -0.25) is 0 Å². The van der Waals surface area contributed by atoms with E-state index in [0.717, 1.165) is 22.6 Å². The molecule has 3 aromatic rings. The molecule has 29 heavy (non-hydrogen) atoms. The molecule has 1 aliphatic carbocycles. The highest BCUT2D eigenvalue weighted by molar-refractivity contribution is 7.89. The van der Waals surface area contributed by atoms with Crippen LogP contribution in [0, 0.1) is 5.92 Å². The minimum Gasteiger partial charge on any atom is -0.236 e. The molecule has 0 aliphatic heterocycles. The monoisotopic (exact) mass is 422 g/mol. The van der Waals surface area contributed by atoms with Gasteiger partial charge in [0.15, 0.2) is 5.82 Å². The van der Waals surface area contributed by atoms with Gasteiger partial charge in [-0.05, 0) is 23.6 Å². The number of rotatable bonds is 5. The van der Waals surface area contributed by atoms with Crippen molar-refractivity contribution in [1.82, 2.24) is 19.5 Å². The zero-order valence-corrected chi connectivity index (χ0v) is 16.0. The minimum absolute atomic E-state index is 0.0598.